The summed E-state index contributed by atoms with van der Waals surface area (Å²) in [6.45, 7) is 5.52. The number of carbonyl (C=O) groups is 1. The molecule has 0 fully saturated rings. The molecule has 1 atom stereocenters. The lowest BCUT2D eigenvalue weighted by Crippen LogP contribution is -2.12. The van der Waals surface area contributed by atoms with Crippen LogP contribution in [0.2, 0.25) is 0 Å². The predicted molar refractivity (Wildman–Crippen MR) is 78.4 cm³/mol. The summed E-state index contributed by atoms with van der Waals surface area (Å²) in [6.07, 6.45) is 0. The van der Waals surface area contributed by atoms with Gasteiger partial charge in [0.15, 0.2) is 0 Å². The van der Waals surface area contributed by atoms with E-state index < -0.39 is 0 Å². The van der Waals surface area contributed by atoms with Gasteiger partial charge >= 0.3 is 0 Å². The summed E-state index contributed by atoms with van der Waals surface area (Å²) >= 11 is 1.63. The summed E-state index contributed by atoms with van der Waals surface area (Å²) in [6, 6.07) is 7.32. The monoisotopic (exact) mass is 275 g/mol. The van der Waals surface area contributed by atoms with Crippen LogP contribution < -0.4 is 11.1 Å². The zero-order chi connectivity index (χ0) is 14.0. The molecular weight excluding hydrogens is 258 g/mol. The van der Waals surface area contributed by atoms with Crippen LogP contribution in [0.1, 0.15) is 34.1 Å². The Balaban J connectivity index is 2.19. The van der Waals surface area contributed by atoms with E-state index in [1.165, 1.54) is 11.8 Å². The van der Waals surface area contributed by atoms with Crippen LogP contribution in [0.5, 0.6) is 0 Å². The van der Waals surface area contributed by atoms with Crippen molar-refractivity contribution < 1.29 is 4.79 Å². The Kier molecular flexibility index (Phi) is 3.97. The van der Waals surface area contributed by atoms with E-state index in [1.54, 1.807) is 11.3 Å². The molecule has 2 aromatic rings. The average molecular weight is 275 g/mol. The number of hydrogen-bond acceptors (Lipinski definition) is 4. The van der Waals surface area contributed by atoms with E-state index >= 15 is 0 Å². The molecule has 0 saturated heterocycles. The Morgan fingerprint density at radius 1 is 1.32 bits per heavy atom. The predicted octanol–water partition coefficient (Wildman–Crippen LogP) is 2.77. The molecular formula is C14H17N3OS. The number of aromatic nitrogens is 1. The molecule has 0 spiro atoms. The number of nitrogens with one attached hydrogen (secondary N) is 1. The largest absolute Gasteiger partial charge is 0.326 e. The maximum absolute atomic E-state index is 10.9. The van der Waals surface area contributed by atoms with Gasteiger partial charge in [-0.05, 0) is 31.5 Å². The van der Waals surface area contributed by atoms with Crippen LogP contribution in [0.25, 0.3) is 0 Å². The fourth-order valence-electron chi connectivity index (χ4n) is 1.75. The summed E-state index contributed by atoms with van der Waals surface area (Å²) in [4.78, 5) is 16.6. The lowest BCUT2D eigenvalue weighted by molar-refractivity contribution is -0.114. The van der Waals surface area contributed by atoms with Gasteiger partial charge in [-0.25, -0.2) is 4.98 Å². The van der Waals surface area contributed by atoms with E-state index in [1.807, 2.05) is 38.1 Å². The zero-order valence-corrected chi connectivity index (χ0v) is 12.0. The number of aryl methyl sites for hydroxylation is 2. The minimum Gasteiger partial charge on any atom is -0.326 e. The molecule has 1 heterocycles. The third-order valence-corrected chi connectivity index (χ3v) is 4.06. The summed E-state index contributed by atoms with van der Waals surface area (Å²) < 4.78 is 0. The molecule has 0 aliphatic rings. The minimum absolute atomic E-state index is 0.0804. The molecule has 19 heavy (non-hydrogen) atoms. The SMILES string of the molecule is CC(=O)Nc1ccc(C(N)c2nc(C)c(C)s2)cc1. The van der Waals surface area contributed by atoms with Crippen molar-refractivity contribution in [3.63, 3.8) is 0 Å². The first-order valence-electron chi connectivity index (χ1n) is 6.04. The van der Waals surface area contributed by atoms with Crippen molar-refractivity contribution in [2.75, 3.05) is 5.32 Å². The normalized spacial score (nSPS) is 12.2. The molecule has 0 radical (unpaired) electrons. The average Bonchev–Trinajstić information content (AvgIpc) is 2.69. The van der Waals surface area contributed by atoms with Gasteiger partial charge < -0.3 is 11.1 Å². The third kappa shape index (κ3) is 3.19. The van der Waals surface area contributed by atoms with E-state index in [2.05, 4.69) is 10.3 Å². The van der Waals surface area contributed by atoms with Crippen molar-refractivity contribution in [3.05, 3.63) is 45.4 Å². The molecule has 3 N–H and O–H groups in total. The van der Waals surface area contributed by atoms with Crippen LogP contribution in [-0.4, -0.2) is 10.9 Å². The number of nitrogens with zero attached hydrogens (tertiary/aromatic N) is 1. The number of amides is 1. The Morgan fingerprint density at radius 2 is 1.95 bits per heavy atom. The van der Waals surface area contributed by atoms with Gasteiger partial charge in [-0.3, -0.25) is 4.79 Å². The Bertz CT molecular complexity index is 570. The highest BCUT2D eigenvalue weighted by molar-refractivity contribution is 7.11. The van der Waals surface area contributed by atoms with Crippen LogP contribution in [-0.2, 0) is 4.79 Å². The molecule has 5 heteroatoms. The lowest BCUT2D eigenvalue weighted by Gasteiger charge is -2.10. The first-order chi connectivity index (χ1) is 8.97. The van der Waals surface area contributed by atoms with Gasteiger partial charge in [0.05, 0.1) is 11.7 Å². The van der Waals surface area contributed by atoms with E-state index in [0.29, 0.717) is 0 Å². The number of hydrogen-bond donors (Lipinski definition) is 2. The summed E-state index contributed by atoms with van der Waals surface area (Å²) in [5.74, 6) is -0.0804. The topological polar surface area (TPSA) is 68.0 Å². The van der Waals surface area contributed by atoms with Crippen LogP contribution in [0.4, 0.5) is 5.69 Å². The molecule has 0 aliphatic heterocycles. The lowest BCUT2D eigenvalue weighted by atomic mass is 10.1. The highest BCUT2D eigenvalue weighted by Gasteiger charge is 2.14. The molecule has 4 nitrogen and oxygen atoms in total. The second-order valence-corrected chi connectivity index (χ2v) is 5.71. The van der Waals surface area contributed by atoms with E-state index in [0.717, 1.165) is 22.0 Å². The fraction of sp³-hybridized carbons (Fsp3) is 0.286. The molecule has 1 aromatic heterocycles. The second kappa shape index (κ2) is 5.50. The Hall–Kier alpha value is -1.72. The molecule has 1 amide bonds. The quantitative estimate of drug-likeness (QED) is 0.905. The zero-order valence-electron chi connectivity index (χ0n) is 11.2. The Morgan fingerprint density at radius 3 is 2.42 bits per heavy atom. The summed E-state index contributed by atoms with van der Waals surface area (Å²) in [5.41, 5.74) is 9.00. The molecule has 0 saturated carbocycles. The fourth-order valence-corrected chi connectivity index (χ4v) is 2.70. The smallest absolute Gasteiger partial charge is 0.221 e. The highest BCUT2D eigenvalue weighted by Crippen LogP contribution is 2.26. The van der Waals surface area contributed by atoms with Crippen molar-refractivity contribution in [2.24, 2.45) is 5.73 Å². The van der Waals surface area contributed by atoms with E-state index in [9.17, 15) is 4.79 Å². The standard InChI is InChI=1S/C14H17N3OS/c1-8-9(2)19-14(16-8)13(15)11-4-6-12(7-5-11)17-10(3)18/h4-7,13H,15H2,1-3H3,(H,17,18). The van der Waals surface area contributed by atoms with Crippen molar-refractivity contribution in [1.29, 1.82) is 0 Å². The van der Waals surface area contributed by atoms with Crippen molar-refractivity contribution >= 4 is 22.9 Å². The van der Waals surface area contributed by atoms with Gasteiger partial charge in [0, 0.05) is 17.5 Å². The Labute approximate surface area is 116 Å². The maximum Gasteiger partial charge on any atom is 0.221 e. The highest BCUT2D eigenvalue weighted by atomic mass is 32.1. The number of nitrogens with two attached hydrogens (primary N) is 1. The van der Waals surface area contributed by atoms with Gasteiger partial charge in [-0.2, -0.15) is 0 Å². The van der Waals surface area contributed by atoms with Crippen LogP contribution in [0, 0.1) is 13.8 Å². The van der Waals surface area contributed by atoms with Crippen molar-refractivity contribution in [2.45, 2.75) is 26.8 Å². The van der Waals surface area contributed by atoms with Gasteiger partial charge in [-0.1, -0.05) is 12.1 Å². The van der Waals surface area contributed by atoms with Gasteiger partial charge in [0.2, 0.25) is 5.91 Å². The molecule has 0 bridgehead atoms. The van der Waals surface area contributed by atoms with Gasteiger partial charge in [0.25, 0.3) is 0 Å². The van der Waals surface area contributed by atoms with Gasteiger partial charge in [-0.15, -0.1) is 11.3 Å². The first-order valence-corrected chi connectivity index (χ1v) is 6.86. The molecule has 0 aliphatic carbocycles. The molecule has 100 valence electrons. The number of thiazole rings is 1. The number of rotatable bonds is 3. The number of anilines is 1. The summed E-state index contributed by atoms with van der Waals surface area (Å²) in [7, 11) is 0. The third-order valence-electron chi connectivity index (χ3n) is 2.90. The van der Waals surface area contributed by atoms with Crippen LogP contribution in [0.15, 0.2) is 24.3 Å². The van der Waals surface area contributed by atoms with Crippen molar-refractivity contribution in [3.8, 4) is 0 Å². The second-order valence-electron chi connectivity index (χ2n) is 4.47. The van der Waals surface area contributed by atoms with Crippen LogP contribution in [0.3, 0.4) is 0 Å². The maximum atomic E-state index is 10.9. The summed E-state index contributed by atoms with van der Waals surface area (Å²) in [5, 5.41) is 3.65. The van der Waals surface area contributed by atoms with E-state index in [4.69, 9.17) is 5.73 Å². The van der Waals surface area contributed by atoms with Crippen LogP contribution >= 0.6 is 11.3 Å². The number of benzene rings is 1. The van der Waals surface area contributed by atoms with Gasteiger partial charge in [0.1, 0.15) is 5.01 Å². The molecule has 1 unspecified atom stereocenters. The van der Waals surface area contributed by atoms with Crippen molar-refractivity contribution in [1.82, 2.24) is 4.98 Å². The molecule has 1 aromatic carbocycles. The minimum atomic E-state index is -0.219. The molecule has 2 rings (SSSR count). The first kappa shape index (κ1) is 13.7. The number of carbonyl (C=O) groups excluding carboxylic acids is 1. The van der Waals surface area contributed by atoms with E-state index in [-0.39, 0.29) is 11.9 Å².